The molecule has 0 aromatic heterocycles. The number of nitrogens with one attached hydrogen (secondary N) is 2. The average molecular weight is 592 g/mol. The number of alkyl carbamates (subject to hydrolysis) is 1. The van der Waals surface area contributed by atoms with Gasteiger partial charge < -0.3 is 20.3 Å². The summed E-state index contributed by atoms with van der Waals surface area (Å²) >= 11 is 0. The second kappa shape index (κ2) is 13.3. The van der Waals surface area contributed by atoms with Crippen LogP contribution in [0.1, 0.15) is 62.8 Å². The molecule has 5 rings (SSSR count). The van der Waals surface area contributed by atoms with E-state index in [9.17, 15) is 14.4 Å². The maximum absolute atomic E-state index is 14.7. The highest BCUT2D eigenvalue weighted by molar-refractivity contribution is 6.00. The van der Waals surface area contributed by atoms with Crippen molar-refractivity contribution in [2.45, 2.75) is 77.1 Å². The number of aryl methyl sites for hydroxylation is 1. The molecule has 0 radical (unpaired) electrons. The zero-order valence-corrected chi connectivity index (χ0v) is 25.9. The molecule has 0 heterocycles. The average Bonchev–Trinajstić information content (AvgIpc) is 2.95. The van der Waals surface area contributed by atoms with Crippen molar-refractivity contribution >= 4 is 34.4 Å². The third-order valence-electron chi connectivity index (χ3n) is 8.02. The van der Waals surface area contributed by atoms with Crippen LogP contribution in [0.3, 0.4) is 0 Å². The molecule has 1 aliphatic carbocycles. The fourth-order valence-electron chi connectivity index (χ4n) is 5.65. The Labute approximate surface area is 259 Å². The van der Waals surface area contributed by atoms with E-state index in [0.29, 0.717) is 5.69 Å². The number of carbonyl (C=O) groups is 3. The first-order valence-corrected chi connectivity index (χ1v) is 15.3. The molecule has 2 atom stereocenters. The number of nitrogens with zero attached hydrogens (tertiary/aromatic N) is 1. The van der Waals surface area contributed by atoms with Gasteiger partial charge in [0.1, 0.15) is 17.7 Å². The van der Waals surface area contributed by atoms with Crippen LogP contribution in [0.4, 0.5) is 10.5 Å². The van der Waals surface area contributed by atoms with Gasteiger partial charge in [-0.25, -0.2) is 4.79 Å². The van der Waals surface area contributed by atoms with Crippen LogP contribution in [0.5, 0.6) is 0 Å². The topological polar surface area (TPSA) is 87.7 Å². The van der Waals surface area contributed by atoms with Crippen molar-refractivity contribution in [2.24, 2.45) is 0 Å². The summed E-state index contributed by atoms with van der Waals surface area (Å²) in [6.07, 6.45) is 2.11. The molecular weight excluding hydrogens is 550 g/mol. The number of rotatable bonds is 9. The van der Waals surface area contributed by atoms with E-state index in [2.05, 4.69) is 10.6 Å². The fraction of sp³-hybridized carbons (Fsp3) is 0.324. The molecule has 0 spiro atoms. The van der Waals surface area contributed by atoms with E-state index in [-0.39, 0.29) is 24.3 Å². The van der Waals surface area contributed by atoms with Gasteiger partial charge in [0.15, 0.2) is 0 Å². The van der Waals surface area contributed by atoms with Crippen LogP contribution >= 0.6 is 0 Å². The van der Waals surface area contributed by atoms with Gasteiger partial charge in [0, 0.05) is 18.2 Å². The van der Waals surface area contributed by atoms with Crippen molar-refractivity contribution in [2.75, 3.05) is 5.32 Å². The summed E-state index contributed by atoms with van der Waals surface area (Å²) in [6, 6.07) is 29.0. The number of hydrogen-bond acceptors (Lipinski definition) is 4. The normalized spacial score (nSPS) is 14.6. The maximum atomic E-state index is 14.7. The Bertz CT molecular complexity index is 1620. The van der Waals surface area contributed by atoms with Crippen LogP contribution in [0, 0.1) is 6.92 Å². The van der Waals surface area contributed by atoms with E-state index in [4.69, 9.17) is 4.74 Å². The van der Waals surface area contributed by atoms with Crippen LogP contribution in [-0.4, -0.2) is 40.5 Å². The minimum atomic E-state index is -0.937. The highest BCUT2D eigenvalue weighted by atomic mass is 16.6. The second-order valence-corrected chi connectivity index (χ2v) is 12.5. The summed E-state index contributed by atoms with van der Waals surface area (Å²) in [5, 5.41) is 8.05. The lowest BCUT2D eigenvalue weighted by Gasteiger charge is -2.44. The van der Waals surface area contributed by atoms with Gasteiger partial charge in [-0.2, -0.15) is 0 Å². The minimum absolute atomic E-state index is 0.145. The quantitative estimate of drug-likeness (QED) is 0.213. The maximum Gasteiger partial charge on any atom is 0.408 e. The molecule has 0 saturated heterocycles. The van der Waals surface area contributed by atoms with Crippen LogP contribution < -0.4 is 10.6 Å². The summed E-state index contributed by atoms with van der Waals surface area (Å²) in [5.74, 6) is -0.614. The zero-order valence-electron chi connectivity index (χ0n) is 25.9. The number of ether oxygens (including phenoxy) is 1. The Morgan fingerprint density at radius 2 is 1.52 bits per heavy atom. The lowest BCUT2D eigenvalue weighted by Crippen LogP contribution is -2.57. The largest absolute Gasteiger partial charge is 0.444 e. The summed E-state index contributed by atoms with van der Waals surface area (Å²) in [5.41, 5.74) is 2.47. The molecule has 4 aromatic rings. The predicted molar refractivity (Wildman–Crippen MR) is 174 cm³/mol. The Kier molecular flexibility index (Phi) is 9.33. The first-order chi connectivity index (χ1) is 21.1. The third-order valence-corrected chi connectivity index (χ3v) is 8.02. The SMILES string of the molecule is Cc1ccccc1C(C(=O)Nc1ccc2ccccc2c1)N(C(=O)C(Cc1ccccc1)NC(=O)OC(C)(C)C)C1CCC1. The number of fused-ring (bicyclic) bond motifs is 1. The van der Waals surface area contributed by atoms with Crippen molar-refractivity contribution in [1.82, 2.24) is 10.2 Å². The van der Waals surface area contributed by atoms with E-state index in [1.54, 1.807) is 25.7 Å². The molecule has 4 aromatic carbocycles. The summed E-state index contributed by atoms with van der Waals surface area (Å²) in [6.45, 7) is 7.31. The predicted octanol–water partition coefficient (Wildman–Crippen LogP) is 7.35. The van der Waals surface area contributed by atoms with Gasteiger partial charge in [-0.3, -0.25) is 9.59 Å². The van der Waals surface area contributed by atoms with Crippen LogP contribution in [0.2, 0.25) is 0 Å². The fourth-order valence-corrected chi connectivity index (χ4v) is 5.65. The summed E-state index contributed by atoms with van der Waals surface area (Å²) in [7, 11) is 0. The van der Waals surface area contributed by atoms with Crippen molar-refractivity contribution in [3.63, 3.8) is 0 Å². The summed E-state index contributed by atoms with van der Waals surface area (Å²) < 4.78 is 5.56. The van der Waals surface area contributed by atoms with Crippen LogP contribution in [0.15, 0.2) is 97.1 Å². The van der Waals surface area contributed by atoms with Gasteiger partial charge in [-0.15, -0.1) is 0 Å². The molecule has 0 bridgehead atoms. The molecule has 3 amide bonds. The number of carbonyl (C=O) groups excluding carboxylic acids is 3. The highest BCUT2D eigenvalue weighted by Crippen LogP contribution is 2.36. The molecule has 44 heavy (non-hydrogen) atoms. The third kappa shape index (κ3) is 7.46. The van der Waals surface area contributed by atoms with E-state index in [1.807, 2.05) is 104 Å². The molecule has 1 saturated carbocycles. The molecule has 7 heteroatoms. The van der Waals surface area contributed by atoms with Gasteiger partial charge in [-0.1, -0.05) is 84.9 Å². The first-order valence-electron chi connectivity index (χ1n) is 15.3. The standard InChI is InChI=1S/C37H41N3O4/c1-25-13-8-11-20-31(25)33(34(41)38-29-22-21-27-16-9-10-17-28(27)24-29)40(30-18-12-19-30)35(42)32(23-26-14-6-5-7-15-26)39-36(43)44-37(2,3)4/h5-11,13-17,20-22,24,30,32-33H,12,18-19,23H2,1-4H3,(H,38,41)(H,39,43). The molecule has 2 N–H and O–H groups in total. The van der Waals surface area contributed by atoms with Crippen LogP contribution in [0.25, 0.3) is 10.8 Å². The summed E-state index contributed by atoms with van der Waals surface area (Å²) in [4.78, 5) is 43.8. The molecule has 0 aliphatic heterocycles. The zero-order chi connectivity index (χ0) is 31.3. The lowest BCUT2D eigenvalue weighted by molar-refractivity contribution is -0.145. The second-order valence-electron chi connectivity index (χ2n) is 12.5. The molecule has 228 valence electrons. The Balaban J connectivity index is 1.53. The van der Waals surface area contributed by atoms with E-state index < -0.39 is 23.8 Å². The van der Waals surface area contributed by atoms with Crippen molar-refractivity contribution < 1.29 is 19.1 Å². The van der Waals surface area contributed by atoms with Crippen molar-refractivity contribution in [3.05, 3.63) is 114 Å². The Hall–Kier alpha value is -4.65. The Morgan fingerprint density at radius 3 is 2.18 bits per heavy atom. The van der Waals surface area contributed by atoms with E-state index >= 15 is 0 Å². The number of benzene rings is 4. The number of hydrogen-bond donors (Lipinski definition) is 2. The lowest BCUT2D eigenvalue weighted by atomic mass is 9.87. The number of anilines is 1. The van der Waals surface area contributed by atoms with E-state index in [1.165, 1.54) is 0 Å². The Morgan fingerprint density at radius 1 is 0.864 bits per heavy atom. The molecule has 1 fully saturated rings. The molecule has 7 nitrogen and oxygen atoms in total. The highest BCUT2D eigenvalue weighted by Gasteiger charge is 2.42. The van der Waals surface area contributed by atoms with Crippen molar-refractivity contribution in [1.29, 1.82) is 0 Å². The van der Waals surface area contributed by atoms with Gasteiger partial charge in [-0.05, 0) is 86.6 Å². The monoisotopic (exact) mass is 591 g/mol. The van der Waals surface area contributed by atoms with E-state index in [0.717, 1.165) is 46.7 Å². The van der Waals surface area contributed by atoms with Gasteiger partial charge in [0.05, 0.1) is 0 Å². The first kappa shape index (κ1) is 30.8. The van der Waals surface area contributed by atoms with Gasteiger partial charge >= 0.3 is 6.09 Å². The molecule has 1 aliphatic rings. The smallest absolute Gasteiger partial charge is 0.408 e. The molecular formula is C37H41N3O4. The number of amides is 3. The van der Waals surface area contributed by atoms with Crippen molar-refractivity contribution in [3.8, 4) is 0 Å². The van der Waals surface area contributed by atoms with Crippen LogP contribution in [-0.2, 0) is 20.7 Å². The minimum Gasteiger partial charge on any atom is -0.444 e. The van der Waals surface area contributed by atoms with Gasteiger partial charge in [0.2, 0.25) is 5.91 Å². The van der Waals surface area contributed by atoms with Gasteiger partial charge in [0.25, 0.3) is 5.91 Å². The molecule has 2 unspecified atom stereocenters.